The van der Waals surface area contributed by atoms with E-state index in [0.717, 1.165) is 23.5 Å². The normalized spacial score (nSPS) is 15.1. The van der Waals surface area contributed by atoms with Crippen molar-refractivity contribution in [3.8, 4) is 0 Å². The largest absolute Gasteiger partial charge is 0.435 e. The molecule has 1 aliphatic rings. The van der Waals surface area contributed by atoms with Gasteiger partial charge in [0.25, 0.3) is 0 Å². The van der Waals surface area contributed by atoms with Gasteiger partial charge in [-0.1, -0.05) is 36.4 Å². The summed E-state index contributed by atoms with van der Waals surface area (Å²) in [7, 11) is 0. The Bertz CT molecular complexity index is 1010. The number of fused-ring (bicyclic) bond motifs is 1. The van der Waals surface area contributed by atoms with E-state index in [2.05, 4.69) is 0 Å². The quantitative estimate of drug-likeness (QED) is 0.563. The first-order valence-corrected chi connectivity index (χ1v) is 9.36. The summed E-state index contributed by atoms with van der Waals surface area (Å²) in [4.78, 5) is 26.5. The minimum absolute atomic E-state index is 0.0373. The predicted molar refractivity (Wildman–Crippen MR) is 100 cm³/mol. The Morgan fingerprint density at radius 2 is 1.53 bits per heavy atom. The van der Waals surface area contributed by atoms with Gasteiger partial charge in [-0.15, -0.1) is 0 Å². The molecular weight excluding hydrogens is 445 g/mol. The zero-order chi connectivity index (χ0) is 23.9. The first-order chi connectivity index (χ1) is 14.8. The molecule has 0 saturated carbocycles. The number of hydrogen-bond acceptors (Lipinski definition) is 2. The minimum atomic E-state index is -6.27. The molecule has 3 rings (SSSR count). The van der Waals surface area contributed by atoms with E-state index in [4.69, 9.17) is 0 Å². The number of benzene rings is 2. The van der Waals surface area contributed by atoms with Crippen molar-refractivity contribution in [2.75, 3.05) is 11.4 Å². The van der Waals surface area contributed by atoms with Crippen molar-refractivity contribution in [1.82, 2.24) is 4.90 Å². The molecule has 1 aliphatic heterocycles. The lowest BCUT2D eigenvalue weighted by atomic mass is 9.91. The van der Waals surface area contributed by atoms with Gasteiger partial charge < -0.3 is 4.90 Å². The molecule has 0 radical (unpaired) electrons. The molecule has 0 spiro atoms. The van der Waals surface area contributed by atoms with Gasteiger partial charge >= 0.3 is 24.1 Å². The van der Waals surface area contributed by atoms with Gasteiger partial charge in [-0.2, -0.15) is 26.3 Å². The van der Waals surface area contributed by atoms with Gasteiger partial charge in [0, 0.05) is 25.6 Å². The number of carbonyl (C=O) groups excluding carboxylic acids is 2. The van der Waals surface area contributed by atoms with Crippen LogP contribution in [0.5, 0.6) is 0 Å². The van der Waals surface area contributed by atoms with Gasteiger partial charge in [0.15, 0.2) is 0 Å². The third-order valence-corrected chi connectivity index (χ3v) is 5.15. The summed E-state index contributed by atoms with van der Waals surface area (Å²) in [5.41, 5.74) is -6.84. The SMILES string of the molecule is CC(=O)N1C(=O)N(CCc2ccccc2)Cc2cc(C(F)(C(F)(F)F)C(F)(F)F)ccc21. The zero-order valence-corrected chi connectivity index (χ0v) is 16.6. The average Bonchev–Trinajstić information content (AvgIpc) is 2.70. The highest BCUT2D eigenvalue weighted by Gasteiger charge is 2.73. The fraction of sp³-hybridized carbons (Fsp3) is 0.333. The Hall–Kier alpha value is -3.11. The Labute approximate surface area is 178 Å². The van der Waals surface area contributed by atoms with Crippen molar-refractivity contribution < 1.29 is 40.3 Å². The average molecular weight is 462 g/mol. The van der Waals surface area contributed by atoms with Gasteiger partial charge in [0.05, 0.1) is 5.69 Å². The highest BCUT2D eigenvalue weighted by molar-refractivity contribution is 6.14. The summed E-state index contributed by atoms with van der Waals surface area (Å²) in [6.45, 7) is 0.682. The Morgan fingerprint density at radius 1 is 0.938 bits per heavy atom. The number of anilines is 1. The second kappa shape index (κ2) is 8.10. The Kier molecular flexibility index (Phi) is 5.96. The topological polar surface area (TPSA) is 40.6 Å². The molecule has 0 N–H and O–H groups in total. The van der Waals surface area contributed by atoms with Gasteiger partial charge in [-0.3, -0.25) is 4.79 Å². The summed E-state index contributed by atoms with van der Waals surface area (Å²) in [5.74, 6) is -0.786. The van der Waals surface area contributed by atoms with Gasteiger partial charge in [0.2, 0.25) is 5.91 Å². The van der Waals surface area contributed by atoms with Crippen LogP contribution >= 0.6 is 0 Å². The predicted octanol–water partition coefficient (Wildman–Crippen LogP) is 5.51. The number of nitrogens with zero attached hydrogens (tertiary/aromatic N) is 2. The molecule has 11 heteroatoms. The molecular formula is C21H17F7N2O2. The lowest BCUT2D eigenvalue weighted by molar-refractivity contribution is -0.348. The molecule has 0 atom stereocenters. The maximum Gasteiger partial charge on any atom is 0.435 e. The monoisotopic (exact) mass is 462 g/mol. The second-order valence-electron chi connectivity index (χ2n) is 7.29. The number of halogens is 7. The van der Waals surface area contributed by atoms with Gasteiger partial charge in [-0.05, 0) is 29.7 Å². The number of rotatable bonds is 4. The van der Waals surface area contributed by atoms with Crippen LogP contribution in [-0.4, -0.2) is 35.7 Å². The first-order valence-electron chi connectivity index (χ1n) is 9.36. The van der Waals surface area contributed by atoms with Crippen molar-refractivity contribution in [3.05, 3.63) is 65.2 Å². The molecule has 2 aromatic rings. The summed E-state index contributed by atoms with van der Waals surface area (Å²) in [6, 6.07) is 9.49. The van der Waals surface area contributed by atoms with Crippen molar-refractivity contribution >= 4 is 17.6 Å². The lowest BCUT2D eigenvalue weighted by Crippen LogP contribution is -2.51. The van der Waals surface area contributed by atoms with E-state index in [0.29, 0.717) is 23.5 Å². The van der Waals surface area contributed by atoms with Crippen LogP contribution in [0.25, 0.3) is 0 Å². The smallest absolute Gasteiger partial charge is 0.319 e. The first kappa shape index (κ1) is 23.6. The molecule has 0 unspecified atom stereocenters. The number of alkyl halides is 7. The minimum Gasteiger partial charge on any atom is -0.319 e. The zero-order valence-electron chi connectivity index (χ0n) is 16.6. The van der Waals surface area contributed by atoms with Crippen LogP contribution in [0.3, 0.4) is 0 Å². The Morgan fingerprint density at radius 3 is 2.06 bits per heavy atom. The second-order valence-corrected chi connectivity index (χ2v) is 7.29. The molecule has 4 nitrogen and oxygen atoms in total. The molecule has 0 aromatic heterocycles. The van der Waals surface area contributed by atoms with Crippen LogP contribution in [0.2, 0.25) is 0 Å². The molecule has 3 amide bonds. The summed E-state index contributed by atoms with van der Waals surface area (Å²) in [6.07, 6.45) is -12.2. The maximum absolute atomic E-state index is 14.5. The van der Waals surface area contributed by atoms with Crippen LogP contribution in [0, 0.1) is 0 Å². The molecule has 1 heterocycles. The fourth-order valence-corrected chi connectivity index (χ4v) is 3.54. The molecule has 2 aromatic carbocycles. The highest BCUT2D eigenvalue weighted by atomic mass is 19.4. The van der Waals surface area contributed by atoms with E-state index in [9.17, 15) is 40.3 Å². The highest BCUT2D eigenvalue weighted by Crippen LogP contribution is 2.53. The van der Waals surface area contributed by atoms with E-state index in [1.165, 1.54) is 0 Å². The standard InChI is InChI=1S/C21H17F7N2O2/c1-13(31)30-17-8-7-16(19(22,20(23,24)25)21(26,27)28)11-15(17)12-29(18(30)32)10-9-14-5-3-2-4-6-14/h2-8,11H,9-10,12H2,1H3. The van der Waals surface area contributed by atoms with Gasteiger partial charge in [0.1, 0.15) is 0 Å². The van der Waals surface area contributed by atoms with E-state index in [1.54, 1.807) is 30.3 Å². The van der Waals surface area contributed by atoms with Crippen molar-refractivity contribution in [1.29, 1.82) is 0 Å². The summed E-state index contributed by atoms with van der Waals surface area (Å²) < 4.78 is 93.4. The third kappa shape index (κ3) is 4.03. The molecule has 0 fully saturated rings. The number of carbonyl (C=O) groups is 2. The van der Waals surface area contributed by atoms with E-state index in [1.807, 2.05) is 0 Å². The van der Waals surface area contributed by atoms with Gasteiger partial charge in [-0.25, -0.2) is 14.1 Å². The third-order valence-electron chi connectivity index (χ3n) is 5.15. The van der Waals surface area contributed by atoms with E-state index < -0.39 is 35.5 Å². The summed E-state index contributed by atoms with van der Waals surface area (Å²) in [5, 5.41) is 0. The van der Waals surface area contributed by atoms with Crippen LogP contribution < -0.4 is 4.90 Å². The molecule has 32 heavy (non-hydrogen) atoms. The number of imide groups is 1. The Balaban J connectivity index is 2.02. The lowest BCUT2D eigenvalue weighted by Gasteiger charge is -2.37. The van der Waals surface area contributed by atoms with E-state index in [-0.39, 0.29) is 24.3 Å². The van der Waals surface area contributed by atoms with Crippen LogP contribution in [0.4, 0.5) is 41.2 Å². The van der Waals surface area contributed by atoms with Crippen molar-refractivity contribution in [2.45, 2.75) is 37.9 Å². The molecule has 172 valence electrons. The fourth-order valence-electron chi connectivity index (χ4n) is 3.54. The molecule has 0 aliphatic carbocycles. The summed E-state index contributed by atoms with van der Waals surface area (Å²) >= 11 is 0. The molecule has 0 bridgehead atoms. The van der Waals surface area contributed by atoms with E-state index >= 15 is 0 Å². The number of amides is 3. The number of urea groups is 1. The maximum atomic E-state index is 14.5. The van der Waals surface area contributed by atoms with Crippen molar-refractivity contribution in [2.24, 2.45) is 0 Å². The van der Waals surface area contributed by atoms with Crippen LogP contribution in [0.15, 0.2) is 48.5 Å². The number of hydrogen-bond donors (Lipinski definition) is 0. The van der Waals surface area contributed by atoms with Crippen LogP contribution in [-0.2, 0) is 23.4 Å². The molecule has 0 saturated heterocycles. The van der Waals surface area contributed by atoms with Crippen molar-refractivity contribution in [3.63, 3.8) is 0 Å². The van der Waals surface area contributed by atoms with Crippen LogP contribution in [0.1, 0.15) is 23.6 Å².